The largest absolute Gasteiger partial charge is 0.416 e. The van der Waals surface area contributed by atoms with Crippen molar-refractivity contribution in [1.82, 2.24) is 20.1 Å². The lowest BCUT2D eigenvalue weighted by Gasteiger charge is -2.26. The lowest BCUT2D eigenvalue weighted by Crippen LogP contribution is -2.29. The maximum Gasteiger partial charge on any atom is 0.416 e. The highest BCUT2D eigenvalue weighted by Gasteiger charge is 2.30. The van der Waals surface area contributed by atoms with Crippen LogP contribution in [0.3, 0.4) is 0 Å². The molecule has 0 spiro atoms. The van der Waals surface area contributed by atoms with Crippen molar-refractivity contribution in [3.8, 4) is 11.1 Å². The Labute approximate surface area is 212 Å². The number of anilines is 1. The van der Waals surface area contributed by atoms with Gasteiger partial charge < -0.3 is 5.32 Å². The Morgan fingerprint density at radius 2 is 1.86 bits per heavy atom. The predicted octanol–water partition coefficient (Wildman–Crippen LogP) is 7.16. The summed E-state index contributed by atoms with van der Waals surface area (Å²) in [6, 6.07) is 11.1. The number of likely N-dealkylation sites (tertiary alicyclic amines) is 1. The summed E-state index contributed by atoms with van der Waals surface area (Å²) in [7, 11) is 0. The smallest absolute Gasteiger partial charge is 0.339 e. The molecule has 9 heteroatoms. The van der Waals surface area contributed by atoms with Crippen molar-refractivity contribution >= 4 is 22.4 Å². The second-order valence-corrected chi connectivity index (χ2v) is 9.45. The van der Waals surface area contributed by atoms with Gasteiger partial charge in [0.15, 0.2) is 0 Å². The van der Waals surface area contributed by atoms with Crippen molar-refractivity contribution in [2.24, 2.45) is 0 Å². The summed E-state index contributed by atoms with van der Waals surface area (Å²) in [5.74, 6) is -0.242. The van der Waals surface area contributed by atoms with Gasteiger partial charge in [-0.1, -0.05) is 19.1 Å². The lowest BCUT2D eigenvalue weighted by atomic mass is 9.95. The molecule has 1 saturated heterocycles. The van der Waals surface area contributed by atoms with Gasteiger partial charge in [0.25, 0.3) is 0 Å². The number of halogens is 4. The summed E-state index contributed by atoms with van der Waals surface area (Å²) in [5.41, 5.74) is 3.73. The first-order valence-corrected chi connectivity index (χ1v) is 12.2. The first-order chi connectivity index (χ1) is 17.7. The van der Waals surface area contributed by atoms with Crippen LogP contribution in [0.15, 0.2) is 55.2 Å². The van der Waals surface area contributed by atoms with E-state index in [2.05, 4.69) is 32.0 Å². The number of nitrogens with zero attached hydrogens (tertiary/aromatic N) is 3. The number of H-pyrrole nitrogens is 1. The molecule has 0 saturated carbocycles. The van der Waals surface area contributed by atoms with Crippen LogP contribution in [0, 0.1) is 12.7 Å². The first kappa shape index (κ1) is 25.0. The average Bonchev–Trinajstić information content (AvgIpc) is 3.30. The monoisotopic (exact) mass is 509 g/mol. The zero-order valence-electron chi connectivity index (χ0n) is 20.4. The number of fused-ring (bicyclic) bond motifs is 1. The van der Waals surface area contributed by atoms with Crippen LogP contribution in [0.25, 0.3) is 27.7 Å². The summed E-state index contributed by atoms with van der Waals surface area (Å²) >= 11 is 0. The molecule has 1 aliphatic heterocycles. The molecule has 5 nitrogen and oxygen atoms in total. The van der Waals surface area contributed by atoms with E-state index in [0.29, 0.717) is 23.2 Å². The van der Waals surface area contributed by atoms with Crippen molar-refractivity contribution in [1.29, 1.82) is 0 Å². The molecular formula is C28H27F4N5. The maximum atomic E-state index is 15.0. The molecule has 2 aromatic heterocycles. The van der Waals surface area contributed by atoms with E-state index in [-0.39, 0.29) is 17.3 Å². The second-order valence-electron chi connectivity index (χ2n) is 9.45. The van der Waals surface area contributed by atoms with Gasteiger partial charge in [0, 0.05) is 18.1 Å². The number of piperidine rings is 1. The number of hydrogen-bond donors (Lipinski definition) is 2. The molecule has 4 aromatic rings. The standard InChI is InChI=1S/C28H27F4N5/c1-17-22(12-19(13-24(17)29)16-37-10-4-3-5-11-37)20-6-7-25-23(14-20)27(36-35-25)18(2)34-26-15-21(8-9-33-26)28(30,31)32/h6-9,12-15H,2-5,10-11,16H2,1H3,(H,33,34)(H,35,36). The van der Waals surface area contributed by atoms with Gasteiger partial charge in [-0.15, -0.1) is 0 Å². The molecule has 37 heavy (non-hydrogen) atoms. The molecule has 0 radical (unpaired) electrons. The van der Waals surface area contributed by atoms with Gasteiger partial charge in [0.2, 0.25) is 0 Å². The van der Waals surface area contributed by atoms with Crippen molar-refractivity contribution < 1.29 is 17.6 Å². The Balaban J connectivity index is 1.45. The zero-order chi connectivity index (χ0) is 26.2. The number of nitrogens with one attached hydrogen (secondary N) is 2. The molecule has 0 unspecified atom stereocenters. The number of rotatable bonds is 6. The summed E-state index contributed by atoms with van der Waals surface area (Å²) < 4.78 is 54.2. The molecular weight excluding hydrogens is 482 g/mol. The van der Waals surface area contributed by atoms with Gasteiger partial charge in [-0.2, -0.15) is 18.3 Å². The van der Waals surface area contributed by atoms with Crippen LogP contribution in [0.1, 0.15) is 41.6 Å². The molecule has 192 valence electrons. The molecule has 3 heterocycles. The highest BCUT2D eigenvalue weighted by Crippen LogP contribution is 2.33. The van der Waals surface area contributed by atoms with Crippen LogP contribution >= 0.6 is 0 Å². The average molecular weight is 510 g/mol. The highest BCUT2D eigenvalue weighted by atomic mass is 19.4. The van der Waals surface area contributed by atoms with Crippen LogP contribution in [0.2, 0.25) is 0 Å². The Hall–Kier alpha value is -3.72. The number of hydrogen-bond acceptors (Lipinski definition) is 4. The van der Waals surface area contributed by atoms with Crippen LogP contribution in [-0.4, -0.2) is 33.2 Å². The Morgan fingerprint density at radius 3 is 2.62 bits per heavy atom. The van der Waals surface area contributed by atoms with E-state index in [1.165, 1.54) is 6.42 Å². The van der Waals surface area contributed by atoms with E-state index in [4.69, 9.17) is 0 Å². The number of aromatic nitrogens is 3. The Morgan fingerprint density at radius 1 is 1.08 bits per heavy atom. The van der Waals surface area contributed by atoms with Crippen LogP contribution in [0.4, 0.5) is 23.4 Å². The second kappa shape index (κ2) is 9.97. The van der Waals surface area contributed by atoms with Crippen LogP contribution < -0.4 is 5.32 Å². The van der Waals surface area contributed by atoms with Gasteiger partial charge >= 0.3 is 6.18 Å². The molecule has 2 aromatic carbocycles. The normalized spacial score (nSPS) is 14.7. The zero-order valence-corrected chi connectivity index (χ0v) is 20.4. The van der Waals surface area contributed by atoms with E-state index in [1.54, 1.807) is 13.0 Å². The Kier molecular flexibility index (Phi) is 6.72. The van der Waals surface area contributed by atoms with Crippen LogP contribution in [0.5, 0.6) is 0 Å². The van der Waals surface area contributed by atoms with Gasteiger partial charge in [0.05, 0.1) is 16.8 Å². The summed E-state index contributed by atoms with van der Waals surface area (Å²) in [5, 5.41) is 10.8. The van der Waals surface area contributed by atoms with Gasteiger partial charge in [-0.3, -0.25) is 10.00 Å². The topological polar surface area (TPSA) is 56.8 Å². The number of aromatic amines is 1. The lowest BCUT2D eigenvalue weighted by molar-refractivity contribution is -0.137. The van der Waals surface area contributed by atoms with E-state index in [0.717, 1.165) is 66.5 Å². The van der Waals surface area contributed by atoms with E-state index in [9.17, 15) is 17.6 Å². The highest BCUT2D eigenvalue weighted by molar-refractivity contribution is 5.95. The fourth-order valence-electron chi connectivity index (χ4n) is 4.80. The van der Waals surface area contributed by atoms with E-state index in [1.807, 2.05) is 24.3 Å². The quantitative estimate of drug-likeness (QED) is 0.271. The molecule has 2 N–H and O–H groups in total. The fourth-order valence-corrected chi connectivity index (χ4v) is 4.80. The SMILES string of the molecule is C=C(Nc1cc(C(F)(F)F)ccn1)c1n[nH]c2ccc(-c3cc(CN4CCCCC4)cc(F)c3C)cc12. The fraction of sp³-hybridized carbons (Fsp3) is 0.286. The Bertz CT molecular complexity index is 1450. The van der Waals surface area contributed by atoms with Crippen molar-refractivity contribution in [2.45, 2.75) is 38.9 Å². The number of benzene rings is 2. The first-order valence-electron chi connectivity index (χ1n) is 12.2. The molecule has 0 amide bonds. The molecule has 0 bridgehead atoms. The molecule has 0 aliphatic carbocycles. The summed E-state index contributed by atoms with van der Waals surface area (Å²) in [4.78, 5) is 6.32. The van der Waals surface area contributed by atoms with Gasteiger partial charge in [-0.25, -0.2) is 9.37 Å². The maximum absolute atomic E-state index is 15.0. The third-order valence-electron chi connectivity index (χ3n) is 6.78. The molecule has 5 rings (SSSR count). The third-order valence-corrected chi connectivity index (χ3v) is 6.78. The van der Waals surface area contributed by atoms with Gasteiger partial charge in [-0.05, 0) is 91.5 Å². The summed E-state index contributed by atoms with van der Waals surface area (Å²) in [6.07, 6.45) is 0.170. The number of alkyl halides is 3. The minimum atomic E-state index is -4.48. The van der Waals surface area contributed by atoms with E-state index < -0.39 is 11.7 Å². The molecule has 1 fully saturated rings. The molecule has 0 atom stereocenters. The minimum Gasteiger partial charge on any atom is -0.339 e. The minimum absolute atomic E-state index is 0.00968. The van der Waals surface area contributed by atoms with Crippen molar-refractivity contribution in [3.05, 3.63) is 83.4 Å². The summed E-state index contributed by atoms with van der Waals surface area (Å²) in [6.45, 7) is 8.47. The molecule has 1 aliphatic rings. The number of pyridine rings is 1. The van der Waals surface area contributed by atoms with Crippen molar-refractivity contribution in [3.63, 3.8) is 0 Å². The van der Waals surface area contributed by atoms with E-state index >= 15 is 0 Å². The van der Waals surface area contributed by atoms with Gasteiger partial charge in [0.1, 0.15) is 17.3 Å². The van der Waals surface area contributed by atoms with Crippen LogP contribution in [-0.2, 0) is 12.7 Å². The predicted molar refractivity (Wildman–Crippen MR) is 137 cm³/mol. The van der Waals surface area contributed by atoms with Crippen molar-refractivity contribution in [2.75, 3.05) is 18.4 Å². The third kappa shape index (κ3) is 5.36.